The van der Waals surface area contributed by atoms with Crippen molar-refractivity contribution in [3.8, 4) is 17.2 Å². The molecular weight excluding hydrogens is 363 g/mol. The average Bonchev–Trinajstić information content (AvgIpc) is 2.59. The third kappa shape index (κ3) is 6.41. The molecule has 1 heterocycles. The van der Waals surface area contributed by atoms with Gasteiger partial charge in [-0.1, -0.05) is 26.2 Å². The molecule has 1 saturated heterocycles. The molecule has 0 aromatic heterocycles. The molecule has 146 valence electrons. The maximum absolute atomic E-state index is 9.90. The summed E-state index contributed by atoms with van der Waals surface area (Å²) in [5.41, 5.74) is 1.06. The Bertz CT molecular complexity index is 472. The van der Waals surface area contributed by atoms with E-state index in [-0.39, 0.29) is 36.6 Å². The van der Waals surface area contributed by atoms with Crippen molar-refractivity contribution < 1.29 is 14.6 Å². The van der Waals surface area contributed by atoms with Gasteiger partial charge in [0.25, 0.3) is 0 Å². The Kier molecular flexibility index (Phi) is 12.0. The van der Waals surface area contributed by atoms with E-state index in [0.717, 1.165) is 38.2 Å². The van der Waals surface area contributed by atoms with Gasteiger partial charge in [-0.25, -0.2) is 0 Å². The standard InChI is InChI=1S/C18H30N2O3.2ClH/c1-4-5-6-7-15(20-10-8-19-9-11-20)18-16(22-2)12-14(21)13-17(18)23-3;;/h12-13,15,19,21H,4-11H2,1-3H3;2*1H/t15-;;/m1../s1. The highest BCUT2D eigenvalue weighted by molar-refractivity contribution is 5.85. The first-order chi connectivity index (χ1) is 11.2. The Hall–Kier alpha value is -0.880. The monoisotopic (exact) mass is 394 g/mol. The minimum Gasteiger partial charge on any atom is -0.508 e. The highest BCUT2D eigenvalue weighted by Gasteiger charge is 2.28. The van der Waals surface area contributed by atoms with E-state index in [1.54, 1.807) is 26.4 Å². The number of unbranched alkanes of at least 4 members (excludes halogenated alkanes) is 2. The van der Waals surface area contributed by atoms with Crippen molar-refractivity contribution in [3.63, 3.8) is 0 Å². The number of nitrogens with zero attached hydrogens (tertiary/aromatic N) is 1. The lowest BCUT2D eigenvalue weighted by atomic mass is 9.96. The molecule has 0 unspecified atom stereocenters. The number of hydrogen-bond donors (Lipinski definition) is 2. The summed E-state index contributed by atoms with van der Waals surface area (Å²) in [4.78, 5) is 2.50. The zero-order valence-corrected chi connectivity index (χ0v) is 17.0. The fourth-order valence-electron chi connectivity index (χ4n) is 3.34. The Morgan fingerprint density at radius 2 is 1.64 bits per heavy atom. The van der Waals surface area contributed by atoms with Crippen LogP contribution in [0.1, 0.15) is 44.2 Å². The Morgan fingerprint density at radius 1 is 1.08 bits per heavy atom. The van der Waals surface area contributed by atoms with Crippen molar-refractivity contribution in [3.05, 3.63) is 17.7 Å². The van der Waals surface area contributed by atoms with Gasteiger partial charge in [-0.2, -0.15) is 0 Å². The summed E-state index contributed by atoms with van der Waals surface area (Å²) in [6.45, 7) is 6.27. The maximum Gasteiger partial charge on any atom is 0.131 e. The summed E-state index contributed by atoms with van der Waals surface area (Å²) < 4.78 is 11.1. The van der Waals surface area contributed by atoms with Crippen LogP contribution in [0.3, 0.4) is 0 Å². The van der Waals surface area contributed by atoms with Crippen LogP contribution in [0.5, 0.6) is 17.2 Å². The molecule has 1 fully saturated rings. The van der Waals surface area contributed by atoms with Crippen LogP contribution < -0.4 is 14.8 Å². The summed E-state index contributed by atoms with van der Waals surface area (Å²) in [7, 11) is 3.30. The van der Waals surface area contributed by atoms with Crippen LogP contribution in [0, 0.1) is 0 Å². The molecule has 7 heteroatoms. The van der Waals surface area contributed by atoms with Crippen LogP contribution in [-0.4, -0.2) is 50.4 Å². The third-order valence-electron chi connectivity index (χ3n) is 4.54. The first-order valence-electron chi connectivity index (χ1n) is 8.60. The van der Waals surface area contributed by atoms with Crippen molar-refractivity contribution in [1.82, 2.24) is 10.2 Å². The lowest BCUT2D eigenvalue weighted by molar-refractivity contribution is 0.157. The molecule has 0 radical (unpaired) electrons. The summed E-state index contributed by atoms with van der Waals surface area (Å²) in [6, 6.07) is 3.63. The van der Waals surface area contributed by atoms with Crippen molar-refractivity contribution in [2.45, 2.75) is 38.6 Å². The topological polar surface area (TPSA) is 54.0 Å². The van der Waals surface area contributed by atoms with Crippen molar-refractivity contribution in [1.29, 1.82) is 0 Å². The molecule has 0 amide bonds. The minimum atomic E-state index is 0. The van der Waals surface area contributed by atoms with E-state index >= 15 is 0 Å². The molecular formula is C18H32Cl2N2O3. The van der Waals surface area contributed by atoms with Gasteiger partial charge in [0.05, 0.1) is 19.8 Å². The number of phenolic OH excluding ortho intramolecular Hbond substituents is 1. The van der Waals surface area contributed by atoms with E-state index in [1.807, 2.05) is 0 Å². The van der Waals surface area contributed by atoms with E-state index < -0.39 is 0 Å². The number of methoxy groups -OCH3 is 2. The zero-order valence-electron chi connectivity index (χ0n) is 15.4. The first-order valence-corrected chi connectivity index (χ1v) is 8.60. The van der Waals surface area contributed by atoms with Crippen LogP contribution in [0.4, 0.5) is 0 Å². The Morgan fingerprint density at radius 3 is 2.12 bits per heavy atom. The Balaban J connectivity index is 0.00000288. The second kappa shape index (κ2) is 12.5. The third-order valence-corrected chi connectivity index (χ3v) is 4.54. The average molecular weight is 395 g/mol. The smallest absolute Gasteiger partial charge is 0.131 e. The number of ether oxygens (including phenoxy) is 2. The van der Waals surface area contributed by atoms with E-state index in [0.29, 0.717) is 11.5 Å². The van der Waals surface area contributed by atoms with Gasteiger partial charge in [0, 0.05) is 44.4 Å². The summed E-state index contributed by atoms with van der Waals surface area (Å²) >= 11 is 0. The number of aromatic hydroxyl groups is 1. The molecule has 1 aliphatic rings. The van der Waals surface area contributed by atoms with Crippen LogP contribution in [0.2, 0.25) is 0 Å². The second-order valence-electron chi connectivity index (χ2n) is 6.06. The number of hydrogen-bond acceptors (Lipinski definition) is 5. The molecule has 25 heavy (non-hydrogen) atoms. The van der Waals surface area contributed by atoms with Crippen LogP contribution in [0.15, 0.2) is 12.1 Å². The van der Waals surface area contributed by atoms with Crippen LogP contribution in [-0.2, 0) is 0 Å². The number of phenols is 1. The predicted molar refractivity (Wildman–Crippen MR) is 107 cm³/mol. The number of nitrogens with one attached hydrogen (secondary N) is 1. The second-order valence-corrected chi connectivity index (χ2v) is 6.06. The fraction of sp³-hybridized carbons (Fsp3) is 0.667. The molecule has 5 nitrogen and oxygen atoms in total. The van der Waals surface area contributed by atoms with Crippen molar-refractivity contribution >= 4 is 24.8 Å². The molecule has 1 aromatic rings. The van der Waals surface area contributed by atoms with Gasteiger partial charge in [0.2, 0.25) is 0 Å². The molecule has 1 aliphatic heterocycles. The minimum absolute atomic E-state index is 0. The number of rotatable bonds is 8. The lowest BCUT2D eigenvalue weighted by Crippen LogP contribution is -2.45. The molecule has 2 N–H and O–H groups in total. The van der Waals surface area contributed by atoms with E-state index in [2.05, 4.69) is 17.1 Å². The van der Waals surface area contributed by atoms with E-state index in [1.165, 1.54) is 19.3 Å². The van der Waals surface area contributed by atoms with Gasteiger partial charge >= 0.3 is 0 Å². The molecule has 1 atom stereocenters. The summed E-state index contributed by atoms with van der Waals surface area (Å²) in [5, 5.41) is 13.3. The summed E-state index contributed by atoms with van der Waals surface area (Å²) in [5.74, 6) is 1.60. The molecule has 0 spiro atoms. The van der Waals surface area contributed by atoms with Crippen molar-refractivity contribution in [2.24, 2.45) is 0 Å². The number of piperazine rings is 1. The van der Waals surface area contributed by atoms with Gasteiger partial charge in [0.15, 0.2) is 0 Å². The highest BCUT2D eigenvalue weighted by atomic mass is 35.5. The van der Waals surface area contributed by atoms with Crippen LogP contribution >= 0.6 is 24.8 Å². The molecule has 2 rings (SSSR count). The van der Waals surface area contributed by atoms with Gasteiger partial charge in [-0.3, -0.25) is 4.90 Å². The SMILES string of the molecule is CCCCC[C@H](c1c(OC)cc(O)cc1OC)N1CCNCC1.Cl.Cl. The molecule has 0 saturated carbocycles. The number of halogens is 2. The Labute approximate surface area is 163 Å². The maximum atomic E-state index is 9.90. The zero-order chi connectivity index (χ0) is 16.7. The van der Waals surface area contributed by atoms with E-state index in [9.17, 15) is 5.11 Å². The highest BCUT2D eigenvalue weighted by Crippen LogP contribution is 2.42. The van der Waals surface area contributed by atoms with Crippen molar-refractivity contribution in [2.75, 3.05) is 40.4 Å². The van der Waals surface area contributed by atoms with E-state index in [4.69, 9.17) is 9.47 Å². The fourth-order valence-corrected chi connectivity index (χ4v) is 3.34. The first kappa shape index (κ1) is 24.1. The molecule has 1 aromatic carbocycles. The summed E-state index contributed by atoms with van der Waals surface area (Å²) in [6.07, 6.45) is 4.69. The normalized spacial score (nSPS) is 15.6. The van der Waals surface area contributed by atoms with Gasteiger partial charge in [0.1, 0.15) is 17.2 Å². The predicted octanol–water partition coefficient (Wildman–Crippen LogP) is 3.78. The lowest BCUT2D eigenvalue weighted by Gasteiger charge is -2.36. The van der Waals surface area contributed by atoms with Gasteiger partial charge < -0.3 is 19.9 Å². The molecule has 0 aliphatic carbocycles. The van der Waals surface area contributed by atoms with Crippen LogP contribution in [0.25, 0.3) is 0 Å². The molecule has 0 bridgehead atoms. The van der Waals surface area contributed by atoms with Gasteiger partial charge in [-0.05, 0) is 6.42 Å². The number of benzene rings is 1. The quantitative estimate of drug-likeness (QED) is 0.657. The van der Waals surface area contributed by atoms with Gasteiger partial charge in [-0.15, -0.1) is 24.8 Å². The largest absolute Gasteiger partial charge is 0.508 e.